The third-order valence-corrected chi connectivity index (χ3v) is 4.32. The molecule has 2 nitrogen and oxygen atoms in total. The van der Waals surface area contributed by atoms with Crippen LogP contribution in [0.3, 0.4) is 0 Å². The molecule has 1 N–H and O–H groups in total. The Labute approximate surface area is 131 Å². The van der Waals surface area contributed by atoms with Crippen LogP contribution in [0.5, 0.6) is 5.75 Å². The summed E-state index contributed by atoms with van der Waals surface area (Å²) < 4.78 is 5.54. The summed E-state index contributed by atoms with van der Waals surface area (Å²) in [4.78, 5) is 3.14. The zero-order chi connectivity index (χ0) is 14.3. The minimum atomic E-state index is 0.423. The molecule has 0 aliphatic heterocycles. The van der Waals surface area contributed by atoms with Gasteiger partial charge in [-0.25, -0.2) is 0 Å². The van der Waals surface area contributed by atoms with Gasteiger partial charge in [0.2, 0.25) is 0 Å². The van der Waals surface area contributed by atoms with Gasteiger partial charge >= 0.3 is 0 Å². The fourth-order valence-electron chi connectivity index (χ4n) is 2.30. The van der Waals surface area contributed by atoms with Crippen LogP contribution in [-0.2, 0) is 0 Å². The molecule has 0 saturated heterocycles. The van der Waals surface area contributed by atoms with Gasteiger partial charge < -0.3 is 9.72 Å². The zero-order valence-electron chi connectivity index (χ0n) is 10.5. The van der Waals surface area contributed by atoms with Crippen molar-refractivity contribution in [2.45, 2.75) is 0 Å². The highest BCUT2D eigenvalue weighted by Gasteiger charge is 2.17. The van der Waals surface area contributed by atoms with Crippen molar-refractivity contribution in [1.82, 2.24) is 4.98 Å². The van der Waals surface area contributed by atoms with Crippen molar-refractivity contribution in [3.63, 3.8) is 0 Å². The lowest BCUT2D eigenvalue weighted by Crippen LogP contribution is -1.91. The van der Waals surface area contributed by atoms with Crippen molar-refractivity contribution < 1.29 is 4.74 Å². The molecule has 5 heteroatoms. The molecule has 0 fully saturated rings. The summed E-state index contributed by atoms with van der Waals surface area (Å²) in [5.41, 5.74) is 2.48. The molecular weight excluding hydrogens is 317 g/mol. The van der Waals surface area contributed by atoms with Gasteiger partial charge in [-0.15, -0.1) is 0 Å². The molecule has 0 atom stereocenters. The molecule has 0 unspecified atom stereocenters. The fraction of sp³-hybridized carbons (Fsp3) is 0.0667. The largest absolute Gasteiger partial charge is 0.495 e. The summed E-state index contributed by atoms with van der Waals surface area (Å²) in [5.74, 6) is 0.717. The summed E-state index contributed by atoms with van der Waals surface area (Å²) >= 11 is 18.7. The van der Waals surface area contributed by atoms with Crippen LogP contribution in [0, 0.1) is 0 Å². The summed E-state index contributed by atoms with van der Waals surface area (Å²) in [6, 6.07) is 9.23. The molecule has 0 aliphatic rings. The highest BCUT2D eigenvalue weighted by molar-refractivity contribution is 6.46. The molecule has 0 radical (unpaired) electrons. The Morgan fingerprint density at radius 3 is 2.45 bits per heavy atom. The average molecular weight is 327 g/mol. The number of hydrogen-bond donors (Lipinski definition) is 1. The van der Waals surface area contributed by atoms with E-state index in [4.69, 9.17) is 39.5 Å². The van der Waals surface area contributed by atoms with Crippen LogP contribution >= 0.6 is 34.8 Å². The number of aromatic amines is 1. The Bertz CT molecular complexity index is 795. The molecule has 1 aromatic heterocycles. The van der Waals surface area contributed by atoms with Crippen LogP contribution in [0.1, 0.15) is 0 Å². The van der Waals surface area contributed by atoms with E-state index < -0.39 is 0 Å². The van der Waals surface area contributed by atoms with Crippen LogP contribution in [0.15, 0.2) is 36.5 Å². The molecule has 0 spiro atoms. The van der Waals surface area contributed by atoms with Gasteiger partial charge in [0.25, 0.3) is 0 Å². The lowest BCUT2D eigenvalue weighted by Gasteiger charge is -2.13. The van der Waals surface area contributed by atoms with E-state index in [1.807, 2.05) is 24.4 Å². The predicted octanol–water partition coefficient (Wildman–Crippen LogP) is 5.80. The fourth-order valence-corrected chi connectivity index (χ4v) is 3.03. The average Bonchev–Trinajstić information content (AvgIpc) is 2.91. The highest BCUT2D eigenvalue weighted by Crippen LogP contribution is 2.45. The van der Waals surface area contributed by atoms with E-state index in [-0.39, 0.29) is 0 Å². The number of H-pyrrole nitrogens is 1. The van der Waals surface area contributed by atoms with Crippen molar-refractivity contribution >= 4 is 45.7 Å². The van der Waals surface area contributed by atoms with Crippen molar-refractivity contribution in [2.24, 2.45) is 0 Å². The monoisotopic (exact) mass is 325 g/mol. The van der Waals surface area contributed by atoms with Crippen LogP contribution < -0.4 is 4.74 Å². The number of rotatable bonds is 2. The maximum atomic E-state index is 6.31. The normalized spacial score (nSPS) is 11.0. The van der Waals surface area contributed by atoms with Crippen LogP contribution in [0.2, 0.25) is 15.1 Å². The van der Waals surface area contributed by atoms with Crippen molar-refractivity contribution in [3.8, 4) is 16.9 Å². The topological polar surface area (TPSA) is 25.0 Å². The number of nitrogens with one attached hydrogen (secondary N) is 1. The van der Waals surface area contributed by atoms with E-state index >= 15 is 0 Å². The molecule has 0 bridgehead atoms. The summed E-state index contributed by atoms with van der Waals surface area (Å²) in [6.45, 7) is 0. The van der Waals surface area contributed by atoms with E-state index in [1.54, 1.807) is 19.2 Å². The number of methoxy groups -OCH3 is 1. The second-order valence-corrected chi connectivity index (χ2v) is 5.50. The van der Waals surface area contributed by atoms with E-state index in [1.165, 1.54) is 0 Å². The smallest absolute Gasteiger partial charge is 0.136 e. The molecule has 0 aliphatic carbocycles. The maximum absolute atomic E-state index is 6.31. The van der Waals surface area contributed by atoms with Crippen molar-refractivity contribution in [1.29, 1.82) is 0 Å². The number of benzene rings is 2. The van der Waals surface area contributed by atoms with E-state index in [9.17, 15) is 0 Å². The number of ether oxygens (including phenoxy) is 1. The third-order valence-electron chi connectivity index (χ3n) is 3.20. The van der Waals surface area contributed by atoms with Gasteiger partial charge in [-0.3, -0.25) is 0 Å². The predicted molar refractivity (Wildman–Crippen MR) is 85.3 cm³/mol. The van der Waals surface area contributed by atoms with E-state index in [0.29, 0.717) is 20.6 Å². The molecule has 0 amide bonds. The SMILES string of the molecule is COc1c(-c2c(Cl)ccc(Cl)c2Cl)ccc2[nH]ccc12. The van der Waals surface area contributed by atoms with Gasteiger partial charge in [-0.05, 0) is 30.3 Å². The lowest BCUT2D eigenvalue weighted by molar-refractivity contribution is 0.421. The zero-order valence-corrected chi connectivity index (χ0v) is 12.8. The Morgan fingerprint density at radius 2 is 1.70 bits per heavy atom. The lowest BCUT2D eigenvalue weighted by atomic mass is 10.0. The van der Waals surface area contributed by atoms with Crippen molar-refractivity contribution in [3.05, 3.63) is 51.6 Å². The maximum Gasteiger partial charge on any atom is 0.136 e. The molecule has 3 aromatic rings. The van der Waals surface area contributed by atoms with Crippen LogP contribution in [0.4, 0.5) is 0 Å². The molecular formula is C15H10Cl3NO. The summed E-state index contributed by atoms with van der Waals surface area (Å²) in [7, 11) is 1.62. The first-order valence-corrected chi connectivity index (χ1v) is 7.05. The van der Waals surface area contributed by atoms with E-state index in [0.717, 1.165) is 22.2 Å². The number of hydrogen-bond acceptors (Lipinski definition) is 1. The molecule has 102 valence electrons. The molecule has 1 heterocycles. The van der Waals surface area contributed by atoms with Crippen LogP contribution in [-0.4, -0.2) is 12.1 Å². The molecule has 3 rings (SSSR count). The first kappa shape index (κ1) is 13.6. The van der Waals surface area contributed by atoms with E-state index in [2.05, 4.69) is 4.98 Å². The Kier molecular flexibility index (Phi) is 3.55. The summed E-state index contributed by atoms with van der Waals surface area (Å²) in [5, 5.41) is 2.39. The number of halogens is 3. The molecule has 2 aromatic carbocycles. The minimum absolute atomic E-state index is 0.423. The third kappa shape index (κ3) is 2.05. The first-order valence-electron chi connectivity index (χ1n) is 5.91. The second kappa shape index (κ2) is 5.21. The standard InChI is InChI=1S/C15H10Cl3NO/c1-20-15-8-6-7-19-12(8)5-2-9(15)13-10(16)3-4-11(17)14(13)18/h2-7,19H,1H3. The Balaban J connectivity index is 2.38. The Hall–Kier alpha value is -1.35. The first-order chi connectivity index (χ1) is 9.63. The highest BCUT2D eigenvalue weighted by atomic mass is 35.5. The number of fused-ring (bicyclic) bond motifs is 1. The van der Waals surface area contributed by atoms with Gasteiger partial charge in [-0.1, -0.05) is 34.8 Å². The second-order valence-electron chi connectivity index (χ2n) is 4.30. The van der Waals surface area contributed by atoms with Crippen LogP contribution in [0.25, 0.3) is 22.0 Å². The summed E-state index contributed by atoms with van der Waals surface area (Å²) in [6.07, 6.45) is 1.86. The van der Waals surface area contributed by atoms with Gasteiger partial charge in [0.1, 0.15) is 5.75 Å². The molecule has 0 saturated carbocycles. The quantitative estimate of drug-likeness (QED) is 0.591. The minimum Gasteiger partial charge on any atom is -0.495 e. The Morgan fingerprint density at radius 1 is 0.950 bits per heavy atom. The number of aromatic nitrogens is 1. The molecule has 20 heavy (non-hydrogen) atoms. The van der Waals surface area contributed by atoms with Gasteiger partial charge in [0, 0.05) is 28.2 Å². The van der Waals surface area contributed by atoms with Gasteiger partial charge in [-0.2, -0.15) is 0 Å². The van der Waals surface area contributed by atoms with Gasteiger partial charge in [0.15, 0.2) is 0 Å². The van der Waals surface area contributed by atoms with Gasteiger partial charge in [0.05, 0.1) is 22.2 Å². The van der Waals surface area contributed by atoms with Crippen molar-refractivity contribution in [2.75, 3.05) is 7.11 Å².